The summed E-state index contributed by atoms with van der Waals surface area (Å²) in [6.07, 6.45) is 3.43. The highest BCUT2D eigenvalue weighted by Gasteiger charge is 2.10. The molecule has 0 N–H and O–H groups in total. The van der Waals surface area contributed by atoms with Gasteiger partial charge in [-0.2, -0.15) is 0 Å². The number of hydrogen-bond donors (Lipinski definition) is 0. The number of hydrogen-bond acceptors (Lipinski definition) is 2. The van der Waals surface area contributed by atoms with E-state index in [-0.39, 0.29) is 0 Å². The fourth-order valence-electron chi connectivity index (χ4n) is 1.17. The summed E-state index contributed by atoms with van der Waals surface area (Å²) >= 11 is 0. The van der Waals surface area contributed by atoms with Crippen LogP contribution in [0.2, 0.25) is 0 Å². The lowest BCUT2D eigenvalue weighted by molar-refractivity contribution is 0.0934. The summed E-state index contributed by atoms with van der Waals surface area (Å²) < 4.78 is 5.39. The van der Waals surface area contributed by atoms with Gasteiger partial charge in [0.25, 0.3) is 0 Å². The van der Waals surface area contributed by atoms with Gasteiger partial charge in [0.15, 0.2) is 0 Å². The van der Waals surface area contributed by atoms with E-state index < -0.39 is 6.10 Å². The average Bonchev–Trinajstić information content (AvgIpc) is 2.26. The maximum absolute atomic E-state index is 10.6. The van der Waals surface area contributed by atoms with Crippen LogP contribution in [0.3, 0.4) is 0 Å². The summed E-state index contributed by atoms with van der Waals surface area (Å²) in [5, 5.41) is 0. The Balaban J connectivity index is 2.50. The van der Waals surface area contributed by atoms with Gasteiger partial charge in [0.1, 0.15) is 6.10 Å². The number of carbonyl (C=O) groups excluding carboxylic acids is 1. The highest BCUT2D eigenvalue weighted by molar-refractivity contribution is 5.60. The Morgan fingerprint density at radius 1 is 1.36 bits per heavy atom. The van der Waals surface area contributed by atoms with Gasteiger partial charge in [-0.1, -0.05) is 43.7 Å². The van der Waals surface area contributed by atoms with Crippen LogP contribution < -0.4 is 0 Å². The monoisotopic (exact) mass is 191 g/mol. The summed E-state index contributed by atoms with van der Waals surface area (Å²) in [5.41, 5.74) is 0.874. The second-order valence-electron chi connectivity index (χ2n) is 3.13. The Morgan fingerprint density at radius 3 is 2.64 bits per heavy atom. The Morgan fingerprint density at radius 2 is 2.07 bits per heavy atom. The van der Waals surface area contributed by atoms with Crippen molar-refractivity contribution in [1.82, 2.24) is 0 Å². The van der Waals surface area contributed by atoms with Crippen LogP contribution in [0.5, 0.6) is 0 Å². The molecule has 14 heavy (non-hydrogen) atoms. The minimum atomic E-state index is -0.525. The Labute approximate surface area is 84.9 Å². The van der Waals surface area contributed by atoms with Crippen LogP contribution in [-0.2, 0) is 9.53 Å². The molecule has 0 aliphatic carbocycles. The molecule has 0 amide bonds. The van der Waals surface area contributed by atoms with Crippen LogP contribution in [0, 0.1) is 0 Å². The highest BCUT2D eigenvalue weighted by atomic mass is 16.5. The van der Waals surface area contributed by atoms with Gasteiger partial charge in [-0.05, 0) is 12.0 Å². The van der Waals surface area contributed by atoms with Crippen LogP contribution in [0.15, 0.2) is 30.3 Å². The number of benzene rings is 1. The lowest BCUT2D eigenvalue weighted by Crippen LogP contribution is -2.06. The molecule has 2 nitrogen and oxygen atoms in total. The molecule has 1 atom stereocenters. The molecule has 0 aliphatic rings. The van der Waals surface area contributed by atoms with E-state index in [1.807, 2.05) is 36.6 Å². The lowest BCUT2D eigenvalue weighted by atomic mass is 10.1. The average molecular weight is 191 g/mol. The summed E-state index contributed by atoms with van der Waals surface area (Å²) in [7, 11) is 0. The molecule has 0 heterocycles. The normalized spacial score (nSPS) is 12.4. The molecule has 1 aromatic carbocycles. The second kappa shape index (κ2) is 6.33. The fraction of sp³-hybridized carbons (Fsp3) is 0.417. The molecule has 0 aliphatic heterocycles. The maximum Gasteiger partial charge on any atom is 0.234 e. The third-order valence-electron chi connectivity index (χ3n) is 1.99. The van der Waals surface area contributed by atoms with Crippen molar-refractivity contribution in [2.75, 3.05) is 6.61 Å². The molecule has 1 radical (unpaired) electrons. The van der Waals surface area contributed by atoms with E-state index in [0.29, 0.717) is 6.61 Å². The molecule has 75 valence electrons. The number of rotatable bonds is 6. The van der Waals surface area contributed by atoms with E-state index in [0.717, 1.165) is 18.4 Å². The summed E-state index contributed by atoms with van der Waals surface area (Å²) in [5.74, 6) is 0. The van der Waals surface area contributed by atoms with Gasteiger partial charge >= 0.3 is 0 Å². The zero-order valence-electron chi connectivity index (χ0n) is 8.40. The maximum atomic E-state index is 10.6. The number of ether oxygens (including phenoxy) is 1. The van der Waals surface area contributed by atoms with Crippen molar-refractivity contribution < 1.29 is 9.53 Å². The first-order valence-electron chi connectivity index (χ1n) is 4.92. The van der Waals surface area contributed by atoms with Crippen LogP contribution in [0.25, 0.3) is 0 Å². The van der Waals surface area contributed by atoms with Crippen molar-refractivity contribution in [3.8, 4) is 0 Å². The van der Waals surface area contributed by atoms with Crippen molar-refractivity contribution in [2.24, 2.45) is 0 Å². The van der Waals surface area contributed by atoms with Gasteiger partial charge in [-0.15, -0.1) is 0 Å². The number of unbranched alkanes of at least 4 members (excludes halogenated alkanes) is 1. The quantitative estimate of drug-likeness (QED) is 0.646. The van der Waals surface area contributed by atoms with Gasteiger partial charge in [0, 0.05) is 6.61 Å². The van der Waals surface area contributed by atoms with Crippen LogP contribution in [-0.4, -0.2) is 12.9 Å². The summed E-state index contributed by atoms with van der Waals surface area (Å²) in [4.78, 5) is 10.6. The lowest BCUT2D eigenvalue weighted by Gasteiger charge is -2.10. The van der Waals surface area contributed by atoms with Gasteiger partial charge in [-0.25, -0.2) is 0 Å². The third kappa shape index (κ3) is 3.30. The van der Waals surface area contributed by atoms with Gasteiger partial charge in [0.05, 0.1) is 0 Å². The predicted molar refractivity (Wildman–Crippen MR) is 55.7 cm³/mol. The van der Waals surface area contributed by atoms with Crippen LogP contribution >= 0.6 is 0 Å². The molecular weight excluding hydrogens is 176 g/mol. The first kappa shape index (κ1) is 10.9. The standard InChI is InChI=1S/C12H15O2/c1-2-3-9-14-12(10-13)11-7-5-4-6-8-11/h4-8,12H,2-3,9H2,1H3. The molecule has 1 unspecified atom stereocenters. The van der Waals surface area contributed by atoms with E-state index in [9.17, 15) is 4.79 Å². The topological polar surface area (TPSA) is 26.3 Å². The molecule has 0 spiro atoms. The highest BCUT2D eigenvalue weighted by Crippen LogP contribution is 2.14. The van der Waals surface area contributed by atoms with Crippen molar-refractivity contribution in [3.63, 3.8) is 0 Å². The third-order valence-corrected chi connectivity index (χ3v) is 1.99. The van der Waals surface area contributed by atoms with Gasteiger partial charge in [0.2, 0.25) is 6.29 Å². The minimum absolute atomic E-state index is 0.525. The van der Waals surface area contributed by atoms with Gasteiger partial charge in [-0.3, -0.25) is 4.79 Å². The molecule has 0 saturated carbocycles. The predicted octanol–water partition coefficient (Wildman–Crippen LogP) is 2.65. The smallest absolute Gasteiger partial charge is 0.234 e. The van der Waals surface area contributed by atoms with Gasteiger partial charge < -0.3 is 4.74 Å². The Hall–Kier alpha value is -1.15. The Bertz CT molecular complexity index is 256. The molecule has 0 fully saturated rings. The first-order valence-corrected chi connectivity index (χ1v) is 4.92. The minimum Gasteiger partial charge on any atom is -0.365 e. The van der Waals surface area contributed by atoms with Crippen molar-refractivity contribution in [2.45, 2.75) is 25.9 Å². The molecule has 0 aromatic heterocycles. The van der Waals surface area contributed by atoms with E-state index in [1.165, 1.54) is 0 Å². The molecular formula is C12H15O2. The van der Waals surface area contributed by atoms with E-state index in [2.05, 4.69) is 6.92 Å². The molecule has 1 rings (SSSR count). The van der Waals surface area contributed by atoms with Crippen molar-refractivity contribution in [1.29, 1.82) is 0 Å². The second-order valence-corrected chi connectivity index (χ2v) is 3.13. The molecule has 2 heteroatoms. The largest absolute Gasteiger partial charge is 0.365 e. The summed E-state index contributed by atoms with van der Waals surface area (Å²) in [6.45, 7) is 2.71. The molecule has 0 saturated heterocycles. The summed E-state index contributed by atoms with van der Waals surface area (Å²) in [6, 6.07) is 9.45. The SMILES string of the molecule is CCCCOC([C]=O)c1ccccc1. The van der Waals surface area contributed by atoms with E-state index >= 15 is 0 Å². The molecule has 0 bridgehead atoms. The molecule has 1 aromatic rings. The fourth-order valence-corrected chi connectivity index (χ4v) is 1.17. The zero-order valence-corrected chi connectivity index (χ0v) is 8.40. The van der Waals surface area contributed by atoms with Crippen molar-refractivity contribution >= 4 is 6.29 Å². The zero-order chi connectivity index (χ0) is 10.2. The Kier molecular flexibility index (Phi) is 4.94. The first-order chi connectivity index (χ1) is 6.88. The van der Waals surface area contributed by atoms with E-state index in [1.54, 1.807) is 0 Å². The van der Waals surface area contributed by atoms with Crippen LogP contribution in [0.1, 0.15) is 31.4 Å². The van der Waals surface area contributed by atoms with Crippen molar-refractivity contribution in [3.05, 3.63) is 35.9 Å². The van der Waals surface area contributed by atoms with Crippen LogP contribution in [0.4, 0.5) is 0 Å². The van der Waals surface area contributed by atoms with E-state index in [4.69, 9.17) is 4.74 Å².